The van der Waals surface area contributed by atoms with Crippen molar-refractivity contribution in [2.24, 2.45) is 0 Å². The van der Waals surface area contributed by atoms with E-state index >= 15 is 0 Å². The minimum atomic E-state index is -0.314. The summed E-state index contributed by atoms with van der Waals surface area (Å²) in [5.41, 5.74) is 4.44. The summed E-state index contributed by atoms with van der Waals surface area (Å²) in [4.78, 5) is 19.8. The van der Waals surface area contributed by atoms with Crippen molar-refractivity contribution in [1.29, 1.82) is 0 Å². The topological polar surface area (TPSA) is 70.8 Å². The van der Waals surface area contributed by atoms with Crippen LogP contribution in [-0.2, 0) is 11.2 Å². The van der Waals surface area contributed by atoms with E-state index in [4.69, 9.17) is 9.15 Å². The molecule has 1 amide bonds. The number of amides is 1. The summed E-state index contributed by atoms with van der Waals surface area (Å²) in [6.45, 7) is 3.91. The highest BCUT2D eigenvalue weighted by Gasteiger charge is 2.25. The number of nitrogens with one attached hydrogen (secondary N) is 1. The Hall–Kier alpha value is -2.58. The van der Waals surface area contributed by atoms with Gasteiger partial charge in [-0.25, -0.2) is 4.98 Å². The lowest BCUT2D eigenvalue weighted by atomic mass is 10.2. The molecule has 0 radical (unpaired) electrons. The van der Waals surface area contributed by atoms with E-state index in [1.54, 1.807) is 12.1 Å². The van der Waals surface area contributed by atoms with E-state index in [-0.39, 0.29) is 11.7 Å². The van der Waals surface area contributed by atoms with Crippen molar-refractivity contribution in [3.63, 3.8) is 0 Å². The van der Waals surface area contributed by atoms with Crippen molar-refractivity contribution in [2.75, 3.05) is 33.9 Å². The second kappa shape index (κ2) is 10.4. The van der Waals surface area contributed by atoms with E-state index in [9.17, 15) is 4.79 Å². The number of ether oxygens (including phenoxy) is 1. The zero-order chi connectivity index (χ0) is 21.5. The molecule has 0 bridgehead atoms. The molecule has 0 saturated carbocycles. The Bertz CT molecular complexity index is 938. The van der Waals surface area contributed by atoms with Crippen molar-refractivity contribution in [1.82, 2.24) is 20.3 Å². The van der Waals surface area contributed by atoms with Gasteiger partial charge in [0.05, 0.1) is 24.4 Å². The number of carbonyl (C=O) groups is 1. The molecule has 0 atom stereocenters. The van der Waals surface area contributed by atoms with Gasteiger partial charge in [0.1, 0.15) is 5.82 Å². The Kier molecular flexibility index (Phi) is 7.70. The highest BCUT2D eigenvalue weighted by atomic mass is 79.9. The highest BCUT2D eigenvalue weighted by Crippen LogP contribution is 2.29. The molecule has 7 nitrogen and oxygen atoms in total. The average molecular weight is 475 g/mol. The van der Waals surface area contributed by atoms with Crippen molar-refractivity contribution >= 4 is 21.8 Å². The molecular formula is C22H27BrN4O3. The summed E-state index contributed by atoms with van der Waals surface area (Å²) >= 11 is 3.53. The summed E-state index contributed by atoms with van der Waals surface area (Å²) in [6, 6.07) is 7.67. The highest BCUT2D eigenvalue weighted by molar-refractivity contribution is 9.10. The molecule has 0 fully saturated rings. The fourth-order valence-electron chi connectivity index (χ4n) is 3.14. The van der Waals surface area contributed by atoms with E-state index in [2.05, 4.69) is 33.3 Å². The molecule has 0 saturated heterocycles. The maximum atomic E-state index is 13.1. The summed E-state index contributed by atoms with van der Waals surface area (Å²) < 4.78 is 12.0. The maximum Gasteiger partial charge on any atom is 0.307 e. The van der Waals surface area contributed by atoms with Crippen LogP contribution in [0.4, 0.5) is 0 Å². The second-order valence-electron chi connectivity index (χ2n) is 6.94. The van der Waals surface area contributed by atoms with Crippen LogP contribution < -0.4 is 5.43 Å². The number of halogens is 1. The maximum absolute atomic E-state index is 13.1. The number of hydrazine groups is 1. The Balaban J connectivity index is 1.83. The van der Waals surface area contributed by atoms with Crippen LogP contribution in [0.1, 0.15) is 29.6 Å². The van der Waals surface area contributed by atoms with Crippen LogP contribution >= 0.6 is 15.9 Å². The molecule has 0 spiro atoms. The quantitative estimate of drug-likeness (QED) is 0.592. The van der Waals surface area contributed by atoms with Crippen LogP contribution in [0.25, 0.3) is 11.5 Å². The Labute approximate surface area is 185 Å². The van der Waals surface area contributed by atoms with E-state index in [1.165, 1.54) is 0 Å². The van der Waals surface area contributed by atoms with Gasteiger partial charge in [0.15, 0.2) is 0 Å². The van der Waals surface area contributed by atoms with Crippen molar-refractivity contribution in [3.8, 4) is 11.5 Å². The third-order valence-corrected chi connectivity index (χ3v) is 5.39. The zero-order valence-corrected chi connectivity index (χ0v) is 19.1. The summed E-state index contributed by atoms with van der Waals surface area (Å²) in [5.74, 6) is 1.25. The number of nitrogens with zero attached hydrogens (tertiary/aromatic N) is 3. The number of oxazole rings is 1. The lowest BCUT2D eigenvalue weighted by molar-refractivity contribution is 0.0761. The molecule has 30 heavy (non-hydrogen) atoms. The molecular weight excluding hydrogens is 448 g/mol. The van der Waals surface area contributed by atoms with Gasteiger partial charge in [-0.05, 0) is 40.6 Å². The molecule has 1 aromatic heterocycles. The first kappa shape index (κ1) is 22.1. The third-order valence-electron chi connectivity index (χ3n) is 4.70. The summed E-state index contributed by atoms with van der Waals surface area (Å²) in [6.07, 6.45) is 7.43. The Morgan fingerprint density at radius 2 is 2.20 bits per heavy atom. The summed E-state index contributed by atoms with van der Waals surface area (Å²) in [7, 11) is 3.63. The normalized spacial score (nSPS) is 13.3. The van der Waals surface area contributed by atoms with Gasteiger partial charge < -0.3 is 14.1 Å². The smallest absolute Gasteiger partial charge is 0.307 e. The van der Waals surface area contributed by atoms with Gasteiger partial charge in [0.2, 0.25) is 11.7 Å². The first-order chi connectivity index (χ1) is 14.5. The molecule has 1 aliphatic rings. The number of hydrogen-bond donors (Lipinski definition) is 1. The number of methoxy groups -OCH3 is 1. The molecule has 0 aliphatic carbocycles. The predicted octanol–water partition coefficient (Wildman–Crippen LogP) is 3.99. The van der Waals surface area contributed by atoms with Crippen LogP contribution in [0.5, 0.6) is 0 Å². The molecule has 1 aromatic carbocycles. The summed E-state index contributed by atoms with van der Waals surface area (Å²) in [5, 5.41) is 1.80. The standard InChI is InChI=1S/C22H27BrN4O3/c1-4-9-18-20(30-22(24-18)16-10-5-6-11-17(16)23)21(28)25-27-13-8-7-12-19(27)26(2)14-15-29-3/h5-8,10-12H,4,9,13-15H2,1-3H3,(H,25,28). The number of hydrogen-bond acceptors (Lipinski definition) is 6. The number of allylic oxidation sites excluding steroid dienone is 2. The van der Waals surface area contributed by atoms with Crippen LogP contribution in [0.15, 0.2) is 57.2 Å². The number of likely N-dealkylation sites (N-methyl/N-ethyl adjacent to an activating group) is 1. The van der Waals surface area contributed by atoms with E-state index in [1.807, 2.05) is 54.4 Å². The predicted molar refractivity (Wildman–Crippen MR) is 120 cm³/mol. The fourth-order valence-corrected chi connectivity index (χ4v) is 3.60. The van der Waals surface area contributed by atoms with Gasteiger partial charge in [-0.2, -0.15) is 0 Å². The minimum absolute atomic E-state index is 0.246. The second-order valence-corrected chi connectivity index (χ2v) is 7.80. The number of benzene rings is 1. The first-order valence-corrected chi connectivity index (χ1v) is 10.7. The zero-order valence-electron chi connectivity index (χ0n) is 17.5. The molecule has 2 heterocycles. The van der Waals surface area contributed by atoms with Gasteiger partial charge >= 0.3 is 5.91 Å². The molecule has 3 rings (SSSR count). The number of rotatable bonds is 9. The number of carbonyl (C=O) groups excluding carboxylic acids is 1. The van der Waals surface area contributed by atoms with Crippen LogP contribution in [0.2, 0.25) is 0 Å². The van der Waals surface area contributed by atoms with Crippen molar-refractivity contribution in [2.45, 2.75) is 19.8 Å². The Morgan fingerprint density at radius 3 is 2.93 bits per heavy atom. The van der Waals surface area contributed by atoms with E-state index < -0.39 is 0 Å². The SMILES string of the molecule is CCCc1nc(-c2ccccc2Br)oc1C(=O)NN1CC=CC=C1N(C)CCOC. The van der Waals surface area contributed by atoms with Gasteiger partial charge in [0, 0.05) is 25.2 Å². The number of aryl methyl sites for hydroxylation is 1. The van der Waals surface area contributed by atoms with E-state index in [0.29, 0.717) is 37.7 Å². The molecule has 1 N–H and O–H groups in total. The van der Waals surface area contributed by atoms with Crippen LogP contribution in [0, 0.1) is 0 Å². The van der Waals surface area contributed by atoms with Gasteiger partial charge in [-0.1, -0.05) is 37.6 Å². The Morgan fingerprint density at radius 1 is 1.40 bits per heavy atom. The molecule has 2 aromatic rings. The average Bonchev–Trinajstić information content (AvgIpc) is 3.17. The minimum Gasteiger partial charge on any atom is -0.431 e. The van der Waals surface area contributed by atoms with Gasteiger partial charge in [-0.15, -0.1) is 0 Å². The number of aromatic nitrogens is 1. The first-order valence-electron chi connectivity index (χ1n) is 9.95. The van der Waals surface area contributed by atoms with Crippen molar-refractivity contribution in [3.05, 3.63) is 64.2 Å². The van der Waals surface area contributed by atoms with Gasteiger partial charge in [-0.3, -0.25) is 15.2 Å². The molecule has 160 valence electrons. The largest absolute Gasteiger partial charge is 0.431 e. The third kappa shape index (κ3) is 5.12. The lowest BCUT2D eigenvalue weighted by Crippen LogP contribution is -2.47. The molecule has 0 unspecified atom stereocenters. The monoisotopic (exact) mass is 474 g/mol. The van der Waals surface area contributed by atoms with Crippen LogP contribution in [-0.4, -0.2) is 54.7 Å². The van der Waals surface area contributed by atoms with E-state index in [0.717, 1.165) is 22.3 Å². The van der Waals surface area contributed by atoms with Crippen molar-refractivity contribution < 1.29 is 13.9 Å². The van der Waals surface area contributed by atoms with Gasteiger partial charge in [0.25, 0.3) is 0 Å². The lowest BCUT2D eigenvalue weighted by Gasteiger charge is -2.34. The van der Waals surface area contributed by atoms with Crippen LogP contribution in [0.3, 0.4) is 0 Å². The fraction of sp³-hybridized carbons (Fsp3) is 0.364. The molecule has 8 heteroatoms. The molecule has 1 aliphatic heterocycles.